The maximum Gasteiger partial charge on any atom is 0.0526 e. The van der Waals surface area contributed by atoms with Crippen LogP contribution in [0, 0.1) is 0 Å². The van der Waals surface area contributed by atoms with Crippen LogP contribution in [-0.2, 0) is 0 Å². The van der Waals surface area contributed by atoms with Crippen LogP contribution in [-0.4, -0.2) is 25.0 Å². The standard InChI is InChI=1S/C11H17N/c1-4-7-10-8-5-6-9-11(10)12(2)3/h5-9,11H,4H2,1-3H3. The summed E-state index contributed by atoms with van der Waals surface area (Å²) >= 11 is 0. The van der Waals surface area contributed by atoms with Crippen molar-refractivity contribution in [1.29, 1.82) is 0 Å². The molecule has 0 heterocycles. The van der Waals surface area contributed by atoms with Crippen LogP contribution in [0.25, 0.3) is 0 Å². The van der Waals surface area contributed by atoms with Crippen molar-refractivity contribution in [1.82, 2.24) is 4.90 Å². The van der Waals surface area contributed by atoms with Gasteiger partial charge < -0.3 is 0 Å². The van der Waals surface area contributed by atoms with Gasteiger partial charge >= 0.3 is 0 Å². The van der Waals surface area contributed by atoms with Gasteiger partial charge in [0.05, 0.1) is 6.04 Å². The number of nitrogens with zero attached hydrogens (tertiary/aromatic N) is 1. The topological polar surface area (TPSA) is 3.24 Å². The van der Waals surface area contributed by atoms with E-state index < -0.39 is 0 Å². The van der Waals surface area contributed by atoms with Crippen LogP contribution in [0.2, 0.25) is 0 Å². The molecular weight excluding hydrogens is 146 g/mol. The Bertz CT molecular complexity index is 221. The highest BCUT2D eigenvalue weighted by molar-refractivity contribution is 5.36. The predicted octanol–water partition coefficient (Wildman–Crippen LogP) is 2.38. The molecule has 1 unspecified atom stereocenters. The van der Waals surface area contributed by atoms with Gasteiger partial charge in [-0.3, -0.25) is 4.90 Å². The van der Waals surface area contributed by atoms with Gasteiger partial charge in [0.15, 0.2) is 0 Å². The molecule has 0 saturated carbocycles. The second kappa shape index (κ2) is 4.27. The molecule has 0 N–H and O–H groups in total. The zero-order valence-corrected chi connectivity index (χ0v) is 8.12. The average molecular weight is 163 g/mol. The maximum absolute atomic E-state index is 2.28. The molecule has 66 valence electrons. The molecule has 0 bridgehead atoms. The second-order valence-corrected chi connectivity index (χ2v) is 3.26. The lowest BCUT2D eigenvalue weighted by atomic mass is 10.0. The van der Waals surface area contributed by atoms with Crippen LogP contribution >= 0.6 is 0 Å². The van der Waals surface area contributed by atoms with Crippen LogP contribution in [0.4, 0.5) is 0 Å². The molecule has 1 nitrogen and oxygen atoms in total. The summed E-state index contributed by atoms with van der Waals surface area (Å²) in [5.74, 6) is 0. The van der Waals surface area contributed by atoms with Crippen LogP contribution in [0.5, 0.6) is 0 Å². The van der Waals surface area contributed by atoms with E-state index in [1.54, 1.807) is 0 Å². The van der Waals surface area contributed by atoms with Crippen molar-refractivity contribution in [3.05, 3.63) is 36.0 Å². The van der Waals surface area contributed by atoms with Gasteiger partial charge in [0.25, 0.3) is 0 Å². The Morgan fingerprint density at radius 1 is 1.42 bits per heavy atom. The Kier molecular flexibility index (Phi) is 3.30. The predicted molar refractivity (Wildman–Crippen MR) is 54.1 cm³/mol. The largest absolute Gasteiger partial charge is 0.299 e. The second-order valence-electron chi connectivity index (χ2n) is 3.26. The summed E-state index contributed by atoms with van der Waals surface area (Å²) in [6, 6.07) is 0.468. The van der Waals surface area contributed by atoms with Crippen molar-refractivity contribution in [3.63, 3.8) is 0 Å². The van der Waals surface area contributed by atoms with Gasteiger partial charge in [-0.1, -0.05) is 37.3 Å². The molecule has 0 aromatic heterocycles. The van der Waals surface area contributed by atoms with E-state index in [9.17, 15) is 0 Å². The highest BCUT2D eigenvalue weighted by Crippen LogP contribution is 2.15. The first kappa shape index (κ1) is 9.27. The fourth-order valence-corrected chi connectivity index (χ4v) is 1.44. The maximum atomic E-state index is 2.28. The highest BCUT2D eigenvalue weighted by atomic mass is 15.1. The molecule has 0 amide bonds. The summed E-state index contributed by atoms with van der Waals surface area (Å²) in [4.78, 5) is 2.22. The Hall–Kier alpha value is -0.820. The molecule has 0 aromatic carbocycles. The van der Waals surface area contributed by atoms with Crippen molar-refractivity contribution in [3.8, 4) is 0 Å². The minimum atomic E-state index is 0.468. The molecule has 0 aliphatic heterocycles. The van der Waals surface area contributed by atoms with E-state index in [4.69, 9.17) is 0 Å². The number of allylic oxidation sites excluding steroid dienone is 3. The highest BCUT2D eigenvalue weighted by Gasteiger charge is 2.11. The number of hydrogen-bond donors (Lipinski definition) is 0. The average Bonchev–Trinajstić information content (AvgIpc) is 2.05. The first-order valence-corrected chi connectivity index (χ1v) is 4.47. The van der Waals surface area contributed by atoms with Gasteiger partial charge in [0.1, 0.15) is 0 Å². The number of likely N-dealkylation sites (N-methyl/N-ethyl adjacent to an activating group) is 1. The third-order valence-electron chi connectivity index (χ3n) is 2.03. The zero-order valence-electron chi connectivity index (χ0n) is 8.12. The summed E-state index contributed by atoms with van der Waals surface area (Å²) < 4.78 is 0. The molecule has 0 fully saturated rings. The first-order valence-electron chi connectivity index (χ1n) is 4.47. The van der Waals surface area contributed by atoms with E-state index in [-0.39, 0.29) is 0 Å². The summed E-state index contributed by atoms with van der Waals surface area (Å²) in [6.07, 6.45) is 12.0. The van der Waals surface area contributed by atoms with Crippen molar-refractivity contribution < 1.29 is 0 Å². The minimum absolute atomic E-state index is 0.468. The van der Waals surface area contributed by atoms with Crippen molar-refractivity contribution in [2.45, 2.75) is 19.4 Å². The molecule has 0 radical (unpaired) electrons. The van der Waals surface area contributed by atoms with Gasteiger partial charge in [0.2, 0.25) is 0 Å². The smallest absolute Gasteiger partial charge is 0.0526 e. The zero-order chi connectivity index (χ0) is 8.97. The third kappa shape index (κ3) is 2.08. The van der Waals surface area contributed by atoms with Crippen LogP contribution in [0.1, 0.15) is 13.3 Å². The van der Waals surface area contributed by atoms with Crippen molar-refractivity contribution in [2.75, 3.05) is 14.1 Å². The van der Waals surface area contributed by atoms with E-state index in [2.05, 4.69) is 56.3 Å². The monoisotopic (exact) mass is 163 g/mol. The van der Waals surface area contributed by atoms with E-state index in [1.165, 1.54) is 5.57 Å². The molecule has 1 aliphatic carbocycles. The molecule has 1 heteroatoms. The van der Waals surface area contributed by atoms with Gasteiger partial charge in [-0.2, -0.15) is 0 Å². The normalized spacial score (nSPS) is 25.7. The molecule has 0 spiro atoms. The summed E-state index contributed by atoms with van der Waals surface area (Å²) in [5, 5.41) is 0. The van der Waals surface area contributed by atoms with E-state index >= 15 is 0 Å². The van der Waals surface area contributed by atoms with Gasteiger partial charge in [0, 0.05) is 0 Å². The van der Waals surface area contributed by atoms with E-state index in [0.717, 1.165) is 6.42 Å². The molecule has 1 aliphatic rings. The van der Waals surface area contributed by atoms with Gasteiger partial charge in [-0.15, -0.1) is 0 Å². The van der Waals surface area contributed by atoms with Gasteiger partial charge in [-0.05, 0) is 26.1 Å². The number of hydrogen-bond acceptors (Lipinski definition) is 1. The Balaban J connectivity index is 2.78. The molecule has 0 aromatic rings. The van der Waals surface area contributed by atoms with Crippen molar-refractivity contribution in [2.24, 2.45) is 0 Å². The SMILES string of the molecule is CCC=C1C=CC=CC1N(C)C. The number of rotatable bonds is 2. The fraction of sp³-hybridized carbons (Fsp3) is 0.455. The first-order chi connectivity index (χ1) is 5.75. The minimum Gasteiger partial charge on any atom is -0.299 e. The summed E-state index contributed by atoms with van der Waals surface area (Å²) in [6.45, 7) is 2.17. The molecule has 1 rings (SSSR count). The van der Waals surface area contributed by atoms with Gasteiger partial charge in [-0.25, -0.2) is 0 Å². The fourth-order valence-electron chi connectivity index (χ4n) is 1.44. The quantitative estimate of drug-likeness (QED) is 0.604. The van der Waals surface area contributed by atoms with Crippen LogP contribution in [0.3, 0.4) is 0 Å². The molecule has 1 atom stereocenters. The molecule has 0 saturated heterocycles. The van der Waals surface area contributed by atoms with Crippen LogP contribution < -0.4 is 0 Å². The van der Waals surface area contributed by atoms with Crippen molar-refractivity contribution >= 4 is 0 Å². The Morgan fingerprint density at radius 3 is 2.75 bits per heavy atom. The van der Waals surface area contributed by atoms with E-state index in [1.807, 2.05) is 0 Å². The van der Waals surface area contributed by atoms with Crippen LogP contribution in [0.15, 0.2) is 36.0 Å². The lowest BCUT2D eigenvalue weighted by Crippen LogP contribution is -2.28. The lowest BCUT2D eigenvalue weighted by Gasteiger charge is -2.24. The third-order valence-corrected chi connectivity index (χ3v) is 2.03. The lowest BCUT2D eigenvalue weighted by molar-refractivity contribution is 0.381. The Morgan fingerprint density at radius 2 is 2.17 bits per heavy atom. The molecule has 12 heavy (non-hydrogen) atoms. The van der Waals surface area contributed by atoms with E-state index in [0.29, 0.717) is 6.04 Å². The summed E-state index contributed by atoms with van der Waals surface area (Å²) in [5.41, 5.74) is 1.41. The summed E-state index contributed by atoms with van der Waals surface area (Å²) in [7, 11) is 4.22. The Labute approximate surface area is 75.1 Å². The molecular formula is C11H17N.